The molecule has 3 aromatic rings. The summed E-state index contributed by atoms with van der Waals surface area (Å²) in [6.07, 6.45) is 0.818. The largest absolute Gasteiger partial charge is 0.494 e. The Morgan fingerprint density at radius 2 is 2.04 bits per heavy atom. The van der Waals surface area contributed by atoms with Crippen LogP contribution in [0.2, 0.25) is 0 Å². The molecule has 1 heterocycles. The molecule has 1 N–H and O–H groups in total. The number of carboxylic acid groups (broad SMARTS) is 1. The predicted octanol–water partition coefficient (Wildman–Crippen LogP) is 3.51. The van der Waals surface area contributed by atoms with E-state index in [0.29, 0.717) is 12.4 Å². The van der Waals surface area contributed by atoms with Crippen LogP contribution < -0.4 is 4.74 Å². The van der Waals surface area contributed by atoms with E-state index < -0.39 is 5.97 Å². The fourth-order valence-corrected chi connectivity index (χ4v) is 2.61. The molecule has 0 aliphatic rings. The molecular weight excluding hydrogens is 292 g/mol. The molecule has 0 spiro atoms. The molecule has 2 aromatic carbocycles. The summed E-state index contributed by atoms with van der Waals surface area (Å²) in [6.45, 7) is 3.33. The van der Waals surface area contributed by atoms with Crippen LogP contribution in [0.1, 0.15) is 22.6 Å². The van der Waals surface area contributed by atoms with E-state index in [4.69, 9.17) is 9.84 Å². The number of nitrogens with zero attached hydrogens (tertiary/aromatic N) is 2. The first-order chi connectivity index (χ1) is 11.1. The Bertz CT molecular complexity index is 839. The van der Waals surface area contributed by atoms with Gasteiger partial charge in [0.15, 0.2) is 0 Å². The van der Waals surface area contributed by atoms with Crippen LogP contribution >= 0.6 is 0 Å². The van der Waals surface area contributed by atoms with Crippen LogP contribution in [0.5, 0.6) is 5.75 Å². The molecule has 23 heavy (non-hydrogen) atoms. The maximum absolute atomic E-state index is 10.9. The molecule has 3 rings (SSSR count). The number of aromatic nitrogens is 2. The van der Waals surface area contributed by atoms with Gasteiger partial charge in [0.1, 0.15) is 11.6 Å². The van der Waals surface area contributed by atoms with Crippen LogP contribution in [0, 0.1) is 6.92 Å². The number of ether oxygens (including phenoxy) is 1. The van der Waals surface area contributed by atoms with Gasteiger partial charge in [0.2, 0.25) is 0 Å². The van der Waals surface area contributed by atoms with Gasteiger partial charge in [-0.2, -0.15) is 0 Å². The van der Waals surface area contributed by atoms with Crippen LogP contribution in [-0.2, 0) is 6.54 Å². The lowest BCUT2D eigenvalue weighted by molar-refractivity contribution is 0.0696. The monoisotopic (exact) mass is 310 g/mol. The first-order valence-electron chi connectivity index (χ1n) is 7.53. The summed E-state index contributed by atoms with van der Waals surface area (Å²) < 4.78 is 7.82. The van der Waals surface area contributed by atoms with Crippen LogP contribution in [0.15, 0.2) is 48.5 Å². The molecule has 0 radical (unpaired) electrons. The minimum absolute atomic E-state index is 0.235. The van der Waals surface area contributed by atoms with Gasteiger partial charge in [-0.05, 0) is 43.7 Å². The Labute approximate surface area is 134 Å². The minimum Gasteiger partial charge on any atom is -0.494 e. The summed E-state index contributed by atoms with van der Waals surface area (Å²) in [4.78, 5) is 15.5. The van der Waals surface area contributed by atoms with Gasteiger partial charge >= 0.3 is 5.97 Å². The van der Waals surface area contributed by atoms with Crippen LogP contribution in [0.4, 0.5) is 0 Å². The van der Waals surface area contributed by atoms with Crippen molar-refractivity contribution in [1.82, 2.24) is 9.55 Å². The van der Waals surface area contributed by atoms with Crippen molar-refractivity contribution in [3.05, 3.63) is 59.9 Å². The zero-order valence-electron chi connectivity index (χ0n) is 12.9. The summed E-state index contributed by atoms with van der Waals surface area (Å²) in [5.74, 6) is 0.618. The lowest BCUT2D eigenvalue weighted by Crippen LogP contribution is -2.06. The SMILES string of the molecule is Cc1nc2ccccc2n1CCCOc1cccc(C(=O)O)c1. The van der Waals surface area contributed by atoms with Crippen molar-refractivity contribution >= 4 is 17.0 Å². The van der Waals surface area contributed by atoms with Gasteiger partial charge in [0.25, 0.3) is 0 Å². The number of aromatic carboxylic acids is 1. The number of para-hydroxylation sites is 2. The van der Waals surface area contributed by atoms with Gasteiger partial charge in [-0.1, -0.05) is 18.2 Å². The molecule has 5 heteroatoms. The molecule has 0 fully saturated rings. The number of carbonyl (C=O) groups is 1. The number of aryl methyl sites for hydroxylation is 2. The molecule has 0 saturated heterocycles. The standard InChI is InChI=1S/C18H18N2O3/c1-13-19-16-8-2-3-9-17(16)20(13)10-5-11-23-15-7-4-6-14(12-15)18(21)22/h2-4,6-9,12H,5,10-11H2,1H3,(H,21,22). The smallest absolute Gasteiger partial charge is 0.335 e. The highest BCUT2D eigenvalue weighted by Crippen LogP contribution is 2.17. The third-order valence-corrected chi connectivity index (χ3v) is 3.72. The van der Waals surface area contributed by atoms with E-state index >= 15 is 0 Å². The molecule has 118 valence electrons. The second-order valence-corrected chi connectivity index (χ2v) is 5.33. The fourth-order valence-electron chi connectivity index (χ4n) is 2.61. The number of benzene rings is 2. The Morgan fingerprint density at radius 1 is 1.22 bits per heavy atom. The van der Waals surface area contributed by atoms with E-state index in [1.807, 2.05) is 25.1 Å². The van der Waals surface area contributed by atoms with Gasteiger partial charge < -0.3 is 14.4 Å². The summed E-state index contributed by atoms with van der Waals surface area (Å²) in [5, 5.41) is 8.97. The second kappa shape index (κ2) is 6.52. The van der Waals surface area contributed by atoms with E-state index in [1.165, 1.54) is 0 Å². The summed E-state index contributed by atoms with van der Waals surface area (Å²) in [6, 6.07) is 14.6. The lowest BCUT2D eigenvalue weighted by atomic mass is 10.2. The Kier molecular flexibility index (Phi) is 4.28. The first-order valence-corrected chi connectivity index (χ1v) is 7.53. The Hall–Kier alpha value is -2.82. The van der Waals surface area contributed by atoms with Crippen molar-refractivity contribution in [2.45, 2.75) is 19.9 Å². The van der Waals surface area contributed by atoms with Crippen molar-refractivity contribution in [2.75, 3.05) is 6.61 Å². The molecule has 0 bridgehead atoms. The minimum atomic E-state index is -0.948. The van der Waals surface area contributed by atoms with Crippen LogP contribution in [-0.4, -0.2) is 27.2 Å². The molecule has 0 amide bonds. The summed E-state index contributed by atoms with van der Waals surface area (Å²) >= 11 is 0. The molecular formula is C18H18N2O3. The summed E-state index contributed by atoms with van der Waals surface area (Å²) in [5.41, 5.74) is 2.36. The molecule has 0 aliphatic heterocycles. The number of hydrogen-bond donors (Lipinski definition) is 1. The van der Waals surface area contributed by atoms with Crippen molar-refractivity contribution in [2.24, 2.45) is 0 Å². The van der Waals surface area contributed by atoms with E-state index in [2.05, 4.69) is 15.6 Å². The van der Waals surface area contributed by atoms with Crippen LogP contribution in [0.25, 0.3) is 11.0 Å². The summed E-state index contributed by atoms with van der Waals surface area (Å²) in [7, 11) is 0. The number of rotatable bonds is 6. The Morgan fingerprint density at radius 3 is 2.87 bits per heavy atom. The number of carboxylic acids is 1. The van der Waals surface area contributed by atoms with Gasteiger partial charge in [0.05, 0.1) is 23.2 Å². The Balaban J connectivity index is 1.60. The maximum Gasteiger partial charge on any atom is 0.335 e. The van der Waals surface area contributed by atoms with E-state index in [9.17, 15) is 4.79 Å². The highest BCUT2D eigenvalue weighted by atomic mass is 16.5. The van der Waals surface area contributed by atoms with Crippen molar-refractivity contribution < 1.29 is 14.6 Å². The van der Waals surface area contributed by atoms with Gasteiger partial charge in [-0.3, -0.25) is 0 Å². The predicted molar refractivity (Wildman–Crippen MR) is 88.0 cm³/mol. The zero-order valence-corrected chi connectivity index (χ0v) is 12.9. The molecule has 1 aromatic heterocycles. The lowest BCUT2D eigenvalue weighted by Gasteiger charge is -2.09. The van der Waals surface area contributed by atoms with Crippen molar-refractivity contribution in [1.29, 1.82) is 0 Å². The fraction of sp³-hybridized carbons (Fsp3) is 0.222. The average Bonchev–Trinajstić information content (AvgIpc) is 2.87. The highest BCUT2D eigenvalue weighted by Gasteiger charge is 2.07. The third kappa shape index (κ3) is 3.34. The van der Waals surface area contributed by atoms with Gasteiger partial charge in [-0.25, -0.2) is 9.78 Å². The molecule has 5 nitrogen and oxygen atoms in total. The maximum atomic E-state index is 10.9. The van der Waals surface area contributed by atoms with Crippen molar-refractivity contribution in [3.63, 3.8) is 0 Å². The van der Waals surface area contributed by atoms with Crippen LogP contribution in [0.3, 0.4) is 0 Å². The first kappa shape index (κ1) is 15.1. The van der Waals surface area contributed by atoms with E-state index in [-0.39, 0.29) is 5.56 Å². The number of imidazole rings is 1. The number of hydrogen-bond acceptors (Lipinski definition) is 3. The normalized spacial score (nSPS) is 10.8. The highest BCUT2D eigenvalue weighted by molar-refractivity contribution is 5.88. The van der Waals surface area contributed by atoms with E-state index in [0.717, 1.165) is 29.8 Å². The topological polar surface area (TPSA) is 64.4 Å². The van der Waals surface area contributed by atoms with E-state index in [1.54, 1.807) is 24.3 Å². The van der Waals surface area contributed by atoms with Gasteiger partial charge in [0, 0.05) is 6.54 Å². The van der Waals surface area contributed by atoms with Gasteiger partial charge in [-0.15, -0.1) is 0 Å². The zero-order chi connectivity index (χ0) is 16.2. The number of fused-ring (bicyclic) bond motifs is 1. The third-order valence-electron chi connectivity index (χ3n) is 3.72. The average molecular weight is 310 g/mol. The molecule has 0 saturated carbocycles. The molecule has 0 aliphatic carbocycles. The quantitative estimate of drug-likeness (QED) is 0.708. The van der Waals surface area contributed by atoms with Crippen molar-refractivity contribution in [3.8, 4) is 5.75 Å². The molecule has 0 atom stereocenters. The second-order valence-electron chi connectivity index (χ2n) is 5.33. The molecule has 0 unspecified atom stereocenters.